The lowest BCUT2D eigenvalue weighted by molar-refractivity contribution is 0.348. The van der Waals surface area contributed by atoms with E-state index in [1.807, 2.05) is 0 Å². The first-order valence-electron chi connectivity index (χ1n) is 15.1. The van der Waals surface area contributed by atoms with Crippen molar-refractivity contribution in [2.75, 3.05) is 56.9 Å². The molecule has 10 nitrogen and oxygen atoms in total. The average molecular weight is 691 g/mol. The Labute approximate surface area is 288 Å². The summed E-state index contributed by atoms with van der Waals surface area (Å²) in [6, 6.07) is 20.7. The average Bonchev–Trinajstić information content (AvgIpc) is 3.14. The van der Waals surface area contributed by atoms with Crippen LogP contribution in [0, 0.1) is 0 Å². The standard InChI is InChI=1S/C38H42O10S/c1-41-29-15-9-25(10-16-29)37(19-13-27-21-33(45-5)35(47-7)23-31(27)43-3)49(39,40)38(26-11-17-30(42-2)18-12-26)20-14-28-22-34(46-6)36(48-8)24-32(28)44-4/h9-24,37-38H,1-8H3/b19-13+,20-14+. The van der Waals surface area contributed by atoms with Crippen molar-refractivity contribution < 1.29 is 46.3 Å². The van der Waals surface area contributed by atoms with Crippen molar-refractivity contribution in [3.8, 4) is 46.0 Å². The summed E-state index contributed by atoms with van der Waals surface area (Å²) < 4.78 is 73.9. The Morgan fingerprint density at radius 3 is 1.02 bits per heavy atom. The van der Waals surface area contributed by atoms with E-state index >= 15 is 8.42 Å². The van der Waals surface area contributed by atoms with Crippen molar-refractivity contribution in [1.82, 2.24) is 0 Å². The van der Waals surface area contributed by atoms with Crippen LogP contribution >= 0.6 is 0 Å². The minimum absolute atomic E-state index is 0.467. The highest BCUT2D eigenvalue weighted by atomic mass is 32.2. The molecule has 0 heterocycles. The molecular weight excluding hydrogens is 648 g/mol. The van der Waals surface area contributed by atoms with Crippen LogP contribution < -0.4 is 37.9 Å². The van der Waals surface area contributed by atoms with Gasteiger partial charge in [0.05, 0.1) is 56.9 Å². The van der Waals surface area contributed by atoms with E-state index in [0.29, 0.717) is 68.2 Å². The van der Waals surface area contributed by atoms with E-state index in [9.17, 15) is 0 Å². The van der Waals surface area contributed by atoms with E-state index in [1.54, 1.807) is 111 Å². The quantitative estimate of drug-likeness (QED) is 0.118. The third kappa shape index (κ3) is 8.24. The third-order valence-corrected chi connectivity index (χ3v) is 10.2. The van der Waals surface area contributed by atoms with Crippen LogP contribution in [0.2, 0.25) is 0 Å². The first-order chi connectivity index (χ1) is 23.7. The predicted molar refractivity (Wildman–Crippen MR) is 191 cm³/mol. The van der Waals surface area contributed by atoms with Gasteiger partial charge in [0.25, 0.3) is 0 Å². The van der Waals surface area contributed by atoms with Crippen LogP contribution in [0.25, 0.3) is 12.2 Å². The van der Waals surface area contributed by atoms with Crippen LogP contribution in [0.3, 0.4) is 0 Å². The van der Waals surface area contributed by atoms with Crippen LogP contribution in [-0.4, -0.2) is 65.3 Å². The summed E-state index contributed by atoms with van der Waals surface area (Å²) in [5.41, 5.74) is 2.26. The Hall–Kier alpha value is -5.29. The van der Waals surface area contributed by atoms with Gasteiger partial charge < -0.3 is 37.9 Å². The molecule has 0 fully saturated rings. The van der Waals surface area contributed by atoms with Gasteiger partial charge >= 0.3 is 0 Å². The number of hydrogen-bond acceptors (Lipinski definition) is 10. The maximum absolute atomic E-state index is 15.0. The molecule has 4 rings (SSSR count). The normalized spacial score (nSPS) is 12.7. The molecule has 0 aliphatic carbocycles. The summed E-state index contributed by atoms with van der Waals surface area (Å²) >= 11 is 0. The van der Waals surface area contributed by atoms with Gasteiger partial charge in [-0.15, -0.1) is 0 Å². The van der Waals surface area contributed by atoms with Gasteiger partial charge in [0, 0.05) is 23.3 Å². The number of rotatable bonds is 16. The molecular formula is C38H42O10S. The van der Waals surface area contributed by atoms with E-state index in [1.165, 1.54) is 42.7 Å². The Kier molecular flexibility index (Phi) is 12.5. The summed E-state index contributed by atoms with van der Waals surface area (Å²) in [5, 5.41) is -2.22. The number of hydrogen-bond donors (Lipinski definition) is 0. The Balaban J connectivity index is 1.92. The Morgan fingerprint density at radius 2 is 0.735 bits per heavy atom. The second-order valence-electron chi connectivity index (χ2n) is 10.6. The van der Waals surface area contributed by atoms with E-state index in [4.69, 9.17) is 37.9 Å². The summed E-state index contributed by atoms with van der Waals surface area (Å²) in [4.78, 5) is 0. The molecule has 4 aromatic rings. The highest BCUT2D eigenvalue weighted by molar-refractivity contribution is 7.92. The fourth-order valence-electron chi connectivity index (χ4n) is 5.31. The Bertz CT molecular complexity index is 1730. The van der Waals surface area contributed by atoms with Crippen LogP contribution in [0.4, 0.5) is 0 Å². The summed E-state index contributed by atoms with van der Waals surface area (Å²) in [7, 11) is 8.20. The molecule has 0 bridgehead atoms. The van der Waals surface area contributed by atoms with Crippen molar-refractivity contribution in [1.29, 1.82) is 0 Å². The largest absolute Gasteiger partial charge is 0.497 e. The lowest BCUT2D eigenvalue weighted by atomic mass is 10.1. The molecule has 2 atom stereocenters. The fraction of sp³-hybridized carbons (Fsp3) is 0.263. The number of ether oxygens (including phenoxy) is 8. The van der Waals surface area contributed by atoms with Crippen LogP contribution in [0.5, 0.6) is 46.0 Å². The van der Waals surface area contributed by atoms with Gasteiger partial charge in [-0.25, -0.2) is 8.42 Å². The monoisotopic (exact) mass is 690 g/mol. The highest BCUT2D eigenvalue weighted by Gasteiger charge is 2.34. The molecule has 4 aromatic carbocycles. The molecule has 49 heavy (non-hydrogen) atoms. The molecule has 260 valence electrons. The number of sulfone groups is 1. The lowest BCUT2D eigenvalue weighted by Gasteiger charge is -2.22. The molecule has 0 aliphatic rings. The smallest absolute Gasteiger partial charge is 0.171 e. The minimum atomic E-state index is -4.09. The molecule has 2 unspecified atom stereocenters. The summed E-state index contributed by atoms with van der Waals surface area (Å²) in [6.07, 6.45) is 6.70. The zero-order valence-electron chi connectivity index (χ0n) is 28.9. The van der Waals surface area contributed by atoms with Gasteiger partial charge in [-0.2, -0.15) is 0 Å². The minimum Gasteiger partial charge on any atom is -0.497 e. The summed E-state index contributed by atoms with van der Waals surface area (Å²) in [5.74, 6) is 4.04. The van der Waals surface area contributed by atoms with Crippen molar-refractivity contribution in [2.24, 2.45) is 0 Å². The first kappa shape index (κ1) is 36.5. The maximum atomic E-state index is 15.0. The van der Waals surface area contributed by atoms with Gasteiger partial charge in [0.1, 0.15) is 33.5 Å². The third-order valence-electron chi connectivity index (χ3n) is 7.97. The zero-order chi connectivity index (χ0) is 35.6. The van der Waals surface area contributed by atoms with Gasteiger partial charge in [-0.1, -0.05) is 48.6 Å². The van der Waals surface area contributed by atoms with Crippen LogP contribution in [-0.2, 0) is 9.84 Å². The van der Waals surface area contributed by atoms with Gasteiger partial charge in [0.2, 0.25) is 0 Å². The van der Waals surface area contributed by atoms with Gasteiger partial charge in [-0.3, -0.25) is 0 Å². The lowest BCUT2D eigenvalue weighted by Crippen LogP contribution is -2.19. The predicted octanol–water partition coefficient (Wildman–Crippen LogP) is 7.38. The first-order valence-corrected chi connectivity index (χ1v) is 16.8. The van der Waals surface area contributed by atoms with E-state index < -0.39 is 20.3 Å². The SMILES string of the molecule is COc1ccc(C(/C=C/c2cc(OC)c(OC)cc2OC)S(=O)(=O)C(/C=C/c2cc(OC)c(OC)cc2OC)c2ccc(OC)cc2)cc1. The van der Waals surface area contributed by atoms with E-state index in [0.717, 1.165) is 0 Å². The van der Waals surface area contributed by atoms with Gasteiger partial charge in [-0.05, 0) is 47.5 Å². The van der Waals surface area contributed by atoms with Crippen molar-refractivity contribution in [3.05, 3.63) is 107 Å². The molecule has 0 aliphatic heterocycles. The Morgan fingerprint density at radius 1 is 0.429 bits per heavy atom. The molecule has 0 saturated heterocycles. The molecule has 0 aromatic heterocycles. The van der Waals surface area contributed by atoms with Crippen LogP contribution in [0.15, 0.2) is 84.9 Å². The fourth-order valence-corrected chi connectivity index (χ4v) is 7.30. The molecule has 0 N–H and O–H groups in total. The molecule has 11 heteroatoms. The number of benzene rings is 4. The molecule has 0 saturated carbocycles. The number of methoxy groups -OCH3 is 8. The van der Waals surface area contributed by atoms with Crippen molar-refractivity contribution in [2.45, 2.75) is 10.5 Å². The molecule has 0 radical (unpaired) electrons. The van der Waals surface area contributed by atoms with Gasteiger partial charge in [0.15, 0.2) is 32.8 Å². The second kappa shape index (κ2) is 16.7. The summed E-state index contributed by atoms with van der Waals surface area (Å²) in [6.45, 7) is 0. The maximum Gasteiger partial charge on any atom is 0.171 e. The highest BCUT2D eigenvalue weighted by Crippen LogP contribution is 2.41. The van der Waals surface area contributed by atoms with Crippen molar-refractivity contribution >= 4 is 22.0 Å². The van der Waals surface area contributed by atoms with Crippen LogP contribution in [0.1, 0.15) is 32.8 Å². The van der Waals surface area contributed by atoms with E-state index in [-0.39, 0.29) is 0 Å². The van der Waals surface area contributed by atoms with E-state index in [2.05, 4.69) is 0 Å². The zero-order valence-corrected chi connectivity index (χ0v) is 29.7. The topological polar surface area (TPSA) is 108 Å². The van der Waals surface area contributed by atoms with Crippen molar-refractivity contribution in [3.63, 3.8) is 0 Å². The molecule has 0 amide bonds. The molecule has 0 spiro atoms. The second-order valence-corrected chi connectivity index (χ2v) is 12.8.